The zero-order valence-corrected chi connectivity index (χ0v) is 19.7. The molecule has 1 spiro atoms. The number of hydrogen-bond donors (Lipinski definition) is 1. The highest BCUT2D eigenvalue weighted by Crippen LogP contribution is 2.52. The van der Waals surface area contributed by atoms with Crippen LogP contribution in [0.2, 0.25) is 0 Å². The Balaban J connectivity index is 1.55. The van der Waals surface area contributed by atoms with Crippen LogP contribution in [-0.4, -0.2) is 41.5 Å². The first-order chi connectivity index (χ1) is 17.3. The van der Waals surface area contributed by atoms with Crippen molar-refractivity contribution in [3.63, 3.8) is 0 Å². The molecule has 0 bridgehead atoms. The largest absolute Gasteiger partial charge is 0.416 e. The summed E-state index contributed by atoms with van der Waals surface area (Å²) < 4.78 is 92.5. The van der Waals surface area contributed by atoms with E-state index in [0.717, 1.165) is 5.56 Å². The van der Waals surface area contributed by atoms with E-state index in [2.05, 4.69) is 0 Å². The van der Waals surface area contributed by atoms with Crippen LogP contribution in [0.25, 0.3) is 0 Å². The molecule has 1 saturated carbocycles. The highest BCUT2D eigenvalue weighted by Gasteiger charge is 2.57. The first-order valence-electron chi connectivity index (χ1n) is 12.0. The minimum Gasteiger partial charge on any atom is -0.375 e. The van der Waals surface area contributed by atoms with Gasteiger partial charge in [-0.25, -0.2) is 0 Å². The number of likely N-dealkylation sites (tertiary alicyclic amines) is 1. The minimum absolute atomic E-state index is 0.0162. The van der Waals surface area contributed by atoms with E-state index in [0.29, 0.717) is 51.0 Å². The standard InChI is InChI=1S/C26H25F6NO4/c27-25(28,29)19-14-18(15-20(16-19)26(30,31)32)24(35)10-11-33(21(24)34)22(17-4-2-1-3-5-17)6-8-23(9-7-22)36-12-13-37-23/h1-5,14-16,35H,6-13H2. The van der Waals surface area contributed by atoms with Crippen LogP contribution >= 0.6 is 0 Å². The highest BCUT2D eigenvalue weighted by atomic mass is 19.4. The predicted octanol–water partition coefficient (Wildman–Crippen LogP) is 5.36. The number of alkyl halides is 6. The van der Waals surface area contributed by atoms with Gasteiger partial charge in [-0.15, -0.1) is 0 Å². The maximum Gasteiger partial charge on any atom is 0.416 e. The second kappa shape index (κ2) is 8.71. The molecular formula is C26H25F6NO4. The monoisotopic (exact) mass is 529 g/mol. The van der Waals surface area contributed by atoms with Gasteiger partial charge in [0.1, 0.15) is 0 Å². The van der Waals surface area contributed by atoms with Gasteiger partial charge >= 0.3 is 12.4 Å². The number of aliphatic hydroxyl groups is 1. The second-order valence-corrected chi connectivity index (χ2v) is 9.87. The van der Waals surface area contributed by atoms with Crippen LogP contribution in [0.1, 0.15) is 54.4 Å². The maximum atomic E-state index is 13.8. The third-order valence-corrected chi connectivity index (χ3v) is 7.84. The van der Waals surface area contributed by atoms with Crippen LogP contribution in [0.5, 0.6) is 0 Å². The molecule has 5 rings (SSSR count). The van der Waals surface area contributed by atoms with Gasteiger partial charge in [0.2, 0.25) is 0 Å². The molecule has 2 saturated heterocycles. The SMILES string of the molecule is O=C1N(C2(c3ccccc3)CCC3(CC2)OCCO3)CCC1(O)c1cc(C(F)(F)F)cc(C(F)(F)F)c1. The number of hydrogen-bond acceptors (Lipinski definition) is 4. The van der Waals surface area contributed by atoms with Crippen molar-refractivity contribution in [1.29, 1.82) is 0 Å². The topological polar surface area (TPSA) is 59.0 Å². The van der Waals surface area contributed by atoms with Crippen molar-refractivity contribution in [3.8, 4) is 0 Å². The Morgan fingerprint density at radius 2 is 1.30 bits per heavy atom. The Labute approximate surface area is 209 Å². The molecule has 1 amide bonds. The summed E-state index contributed by atoms with van der Waals surface area (Å²) in [4.78, 5) is 15.2. The molecule has 2 aromatic rings. The normalized spacial score (nSPS) is 25.7. The van der Waals surface area contributed by atoms with Crippen molar-refractivity contribution in [3.05, 3.63) is 70.8 Å². The van der Waals surface area contributed by atoms with Gasteiger partial charge in [0.25, 0.3) is 5.91 Å². The number of amides is 1. The Bertz CT molecular complexity index is 1130. The van der Waals surface area contributed by atoms with E-state index in [-0.39, 0.29) is 19.0 Å². The van der Waals surface area contributed by atoms with Crippen molar-refractivity contribution in [2.24, 2.45) is 0 Å². The molecule has 1 aliphatic carbocycles. The molecule has 11 heteroatoms. The van der Waals surface area contributed by atoms with Crippen molar-refractivity contribution in [1.82, 2.24) is 4.90 Å². The number of rotatable bonds is 3. The van der Waals surface area contributed by atoms with E-state index in [9.17, 15) is 36.2 Å². The van der Waals surface area contributed by atoms with Crippen LogP contribution in [0.3, 0.4) is 0 Å². The van der Waals surface area contributed by atoms with Gasteiger partial charge in [0, 0.05) is 25.8 Å². The second-order valence-electron chi connectivity index (χ2n) is 9.87. The first-order valence-corrected chi connectivity index (χ1v) is 12.0. The van der Waals surface area contributed by atoms with Gasteiger partial charge in [-0.05, 0) is 42.2 Å². The summed E-state index contributed by atoms with van der Waals surface area (Å²) in [5.74, 6) is -1.70. The van der Waals surface area contributed by atoms with Gasteiger partial charge in [-0.1, -0.05) is 30.3 Å². The number of benzene rings is 2. The Morgan fingerprint density at radius 1 is 0.757 bits per heavy atom. The number of carbonyl (C=O) groups excluding carboxylic acids is 1. The average molecular weight is 529 g/mol. The molecule has 3 aliphatic rings. The number of nitrogens with zero attached hydrogens (tertiary/aromatic N) is 1. The molecule has 1 unspecified atom stereocenters. The summed E-state index contributed by atoms with van der Waals surface area (Å²) in [5, 5.41) is 11.4. The number of halogens is 6. The summed E-state index contributed by atoms with van der Waals surface area (Å²) in [7, 11) is 0. The highest BCUT2D eigenvalue weighted by molar-refractivity contribution is 5.89. The number of carbonyl (C=O) groups is 1. The summed E-state index contributed by atoms with van der Waals surface area (Å²) in [6.45, 7) is 0.839. The number of ether oxygens (including phenoxy) is 2. The molecule has 1 atom stereocenters. The van der Waals surface area contributed by atoms with Crippen LogP contribution in [-0.2, 0) is 37.8 Å². The molecule has 2 aliphatic heterocycles. The lowest BCUT2D eigenvalue weighted by Gasteiger charge is -2.49. The van der Waals surface area contributed by atoms with Crippen molar-refractivity contribution in [2.45, 2.75) is 61.4 Å². The fourth-order valence-electron chi connectivity index (χ4n) is 5.87. The van der Waals surface area contributed by atoms with Gasteiger partial charge in [0.05, 0.1) is 29.9 Å². The van der Waals surface area contributed by atoms with Gasteiger partial charge < -0.3 is 19.5 Å². The average Bonchev–Trinajstić information content (AvgIpc) is 3.44. The molecule has 200 valence electrons. The molecule has 1 N–H and O–H groups in total. The van der Waals surface area contributed by atoms with Crippen molar-refractivity contribution < 1.29 is 45.7 Å². The summed E-state index contributed by atoms with van der Waals surface area (Å²) in [6.07, 6.45) is -8.91. The van der Waals surface area contributed by atoms with Gasteiger partial charge in [-0.2, -0.15) is 26.3 Å². The van der Waals surface area contributed by atoms with E-state index < -0.39 is 51.9 Å². The fourth-order valence-corrected chi connectivity index (χ4v) is 5.87. The van der Waals surface area contributed by atoms with E-state index in [1.165, 1.54) is 4.90 Å². The minimum atomic E-state index is -5.10. The van der Waals surface area contributed by atoms with E-state index in [1.54, 1.807) is 18.2 Å². The fraction of sp³-hybridized carbons (Fsp3) is 0.500. The predicted molar refractivity (Wildman–Crippen MR) is 118 cm³/mol. The van der Waals surface area contributed by atoms with Crippen LogP contribution < -0.4 is 0 Å². The molecule has 37 heavy (non-hydrogen) atoms. The zero-order chi connectivity index (χ0) is 26.7. The molecule has 5 nitrogen and oxygen atoms in total. The molecule has 0 radical (unpaired) electrons. The van der Waals surface area contributed by atoms with E-state index in [4.69, 9.17) is 9.47 Å². The molecule has 0 aromatic heterocycles. The van der Waals surface area contributed by atoms with Crippen LogP contribution in [0.4, 0.5) is 26.3 Å². The van der Waals surface area contributed by atoms with E-state index >= 15 is 0 Å². The van der Waals surface area contributed by atoms with Gasteiger partial charge in [0.15, 0.2) is 11.4 Å². The Kier molecular flexibility index (Phi) is 6.12. The van der Waals surface area contributed by atoms with Crippen LogP contribution in [0.15, 0.2) is 48.5 Å². The molecular weight excluding hydrogens is 504 g/mol. The lowest BCUT2D eigenvalue weighted by Crippen LogP contribution is -2.54. The van der Waals surface area contributed by atoms with Gasteiger partial charge in [-0.3, -0.25) is 4.79 Å². The molecule has 2 heterocycles. The Morgan fingerprint density at radius 3 is 1.81 bits per heavy atom. The lowest BCUT2D eigenvalue weighted by atomic mass is 9.73. The molecule has 2 aromatic carbocycles. The first kappa shape index (κ1) is 26.0. The summed E-state index contributed by atoms with van der Waals surface area (Å²) in [5.41, 5.74) is -6.59. The summed E-state index contributed by atoms with van der Waals surface area (Å²) >= 11 is 0. The maximum absolute atomic E-state index is 13.8. The van der Waals surface area contributed by atoms with Crippen LogP contribution in [0, 0.1) is 0 Å². The van der Waals surface area contributed by atoms with E-state index in [1.807, 2.05) is 12.1 Å². The van der Waals surface area contributed by atoms with Crippen molar-refractivity contribution >= 4 is 5.91 Å². The summed E-state index contributed by atoms with van der Waals surface area (Å²) in [6, 6.07) is 9.88. The third kappa shape index (κ3) is 4.40. The van der Waals surface area contributed by atoms with Crippen molar-refractivity contribution in [2.75, 3.05) is 19.8 Å². The quantitative estimate of drug-likeness (QED) is 0.545. The smallest absolute Gasteiger partial charge is 0.375 e. The molecule has 3 fully saturated rings. The Hall–Kier alpha value is -2.63. The lowest BCUT2D eigenvalue weighted by molar-refractivity contribution is -0.197. The zero-order valence-electron chi connectivity index (χ0n) is 19.7. The third-order valence-electron chi connectivity index (χ3n) is 7.84.